The molecule has 0 aliphatic carbocycles. The molecule has 0 aliphatic heterocycles. The third kappa shape index (κ3) is 3.63. The fraction of sp³-hybridized carbons (Fsp3) is 0.250. The normalized spacial score (nSPS) is 10.7. The maximum Gasteiger partial charge on any atom is 0.239 e. The lowest BCUT2D eigenvalue weighted by molar-refractivity contribution is -0.119. The highest BCUT2D eigenvalue weighted by molar-refractivity contribution is 5.86. The average molecular weight is 310 g/mol. The fourth-order valence-electron chi connectivity index (χ4n) is 2.38. The lowest BCUT2D eigenvalue weighted by atomic mass is 10.1. The lowest BCUT2D eigenvalue weighted by Crippen LogP contribution is -2.36. The molecule has 0 atom stereocenters. The first-order valence-electron chi connectivity index (χ1n) is 7.40. The van der Waals surface area contributed by atoms with Gasteiger partial charge in [-0.1, -0.05) is 30.3 Å². The molecule has 0 unspecified atom stereocenters. The molecule has 0 saturated carbocycles. The molecule has 23 heavy (non-hydrogen) atoms. The Morgan fingerprint density at radius 1 is 1.22 bits per heavy atom. The number of anilines is 1. The van der Waals surface area contributed by atoms with Gasteiger partial charge in [-0.05, 0) is 12.0 Å². The Kier molecular flexibility index (Phi) is 4.46. The van der Waals surface area contributed by atoms with Crippen LogP contribution in [0, 0.1) is 0 Å². The van der Waals surface area contributed by atoms with Crippen LogP contribution in [-0.2, 0) is 11.2 Å². The fourth-order valence-corrected chi connectivity index (χ4v) is 2.38. The van der Waals surface area contributed by atoms with Crippen molar-refractivity contribution in [2.75, 3.05) is 25.0 Å². The van der Waals surface area contributed by atoms with Gasteiger partial charge in [0.25, 0.3) is 0 Å². The van der Waals surface area contributed by atoms with Crippen molar-refractivity contribution in [1.29, 1.82) is 0 Å². The van der Waals surface area contributed by atoms with E-state index in [1.54, 1.807) is 11.2 Å². The van der Waals surface area contributed by atoms with Crippen molar-refractivity contribution in [2.24, 2.45) is 0 Å². The van der Waals surface area contributed by atoms with Crippen LogP contribution in [0.5, 0.6) is 0 Å². The van der Waals surface area contributed by atoms with Gasteiger partial charge in [0.15, 0.2) is 11.5 Å². The van der Waals surface area contributed by atoms with Gasteiger partial charge in [-0.15, -0.1) is 0 Å². The number of fused-ring (bicyclic) bond motifs is 1. The maximum absolute atomic E-state index is 12.1. The summed E-state index contributed by atoms with van der Waals surface area (Å²) in [6.07, 6.45) is 3.83. The minimum Gasteiger partial charge on any atom is -0.354 e. The van der Waals surface area contributed by atoms with Gasteiger partial charge in [0.1, 0.15) is 11.8 Å². The van der Waals surface area contributed by atoms with Crippen molar-refractivity contribution in [3.63, 3.8) is 0 Å². The van der Waals surface area contributed by atoms with Crippen molar-refractivity contribution in [2.45, 2.75) is 6.42 Å². The summed E-state index contributed by atoms with van der Waals surface area (Å²) >= 11 is 0. The summed E-state index contributed by atoms with van der Waals surface area (Å²) in [6, 6.07) is 10.1. The number of hydrogen-bond donors (Lipinski definition) is 2. The average Bonchev–Trinajstić information content (AvgIpc) is 3.04. The molecule has 7 nitrogen and oxygen atoms in total. The molecule has 3 aromatic rings. The largest absolute Gasteiger partial charge is 0.354 e. The monoisotopic (exact) mass is 310 g/mol. The van der Waals surface area contributed by atoms with Crippen LogP contribution in [0.15, 0.2) is 43.0 Å². The van der Waals surface area contributed by atoms with Gasteiger partial charge in [-0.3, -0.25) is 4.79 Å². The Morgan fingerprint density at radius 3 is 2.87 bits per heavy atom. The molecular formula is C16H18N6O. The zero-order valence-electron chi connectivity index (χ0n) is 12.9. The van der Waals surface area contributed by atoms with Gasteiger partial charge in [0.05, 0.1) is 12.9 Å². The van der Waals surface area contributed by atoms with E-state index in [1.165, 1.54) is 11.9 Å². The molecule has 0 spiro atoms. The molecule has 3 rings (SSSR count). The highest BCUT2D eigenvalue weighted by Crippen LogP contribution is 2.17. The summed E-state index contributed by atoms with van der Waals surface area (Å²) in [5.74, 6) is 0.611. The van der Waals surface area contributed by atoms with E-state index in [0.717, 1.165) is 11.9 Å². The molecule has 2 aromatic heterocycles. The molecule has 118 valence electrons. The van der Waals surface area contributed by atoms with Crippen molar-refractivity contribution < 1.29 is 4.79 Å². The standard InChI is InChI=1S/C16H18N6O/c1-22(16-14-15(19-10-18-14)20-11-21-16)9-13(23)17-8-7-12-5-3-2-4-6-12/h2-6,10-11H,7-9H2,1H3,(H,17,23)(H,18,19,20,21). The molecule has 0 saturated heterocycles. The van der Waals surface area contributed by atoms with Crippen molar-refractivity contribution in [1.82, 2.24) is 25.3 Å². The molecule has 2 N–H and O–H groups in total. The number of likely N-dealkylation sites (N-methyl/N-ethyl adjacent to an activating group) is 1. The zero-order chi connectivity index (χ0) is 16.1. The van der Waals surface area contributed by atoms with E-state index in [1.807, 2.05) is 37.4 Å². The van der Waals surface area contributed by atoms with Gasteiger partial charge < -0.3 is 15.2 Å². The van der Waals surface area contributed by atoms with Crippen LogP contribution in [0.3, 0.4) is 0 Å². The number of aromatic amines is 1. The summed E-state index contributed by atoms with van der Waals surface area (Å²) in [7, 11) is 1.82. The highest BCUT2D eigenvalue weighted by atomic mass is 16.2. The summed E-state index contributed by atoms with van der Waals surface area (Å²) in [4.78, 5) is 29.2. The molecule has 0 aliphatic rings. The quantitative estimate of drug-likeness (QED) is 0.713. The number of nitrogens with one attached hydrogen (secondary N) is 2. The number of amides is 1. The van der Waals surface area contributed by atoms with Crippen LogP contribution in [-0.4, -0.2) is 46.0 Å². The van der Waals surface area contributed by atoms with Crippen LogP contribution in [0.25, 0.3) is 11.2 Å². The number of H-pyrrole nitrogens is 1. The molecule has 0 radical (unpaired) electrons. The SMILES string of the molecule is CN(CC(=O)NCCc1ccccc1)c1ncnc2nc[nH]c12. The Balaban J connectivity index is 1.54. The Hall–Kier alpha value is -2.96. The first-order chi connectivity index (χ1) is 11.2. The van der Waals surface area contributed by atoms with Crippen LogP contribution in [0.2, 0.25) is 0 Å². The molecule has 2 heterocycles. The second kappa shape index (κ2) is 6.87. The van der Waals surface area contributed by atoms with Crippen LogP contribution < -0.4 is 10.2 Å². The van der Waals surface area contributed by atoms with Gasteiger partial charge in [-0.25, -0.2) is 15.0 Å². The summed E-state index contributed by atoms with van der Waals surface area (Å²) in [6.45, 7) is 0.833. The van der Waals surface area contributed by atoms with Crippen molar-refractivity contribution >= 4 is 22.9 Å². The highest BCUT2D eigenvalue weighted by Gasteiger charge is 2.13. The third-order valence-corrected chi connectivity index (χ3v) is 3.52. The van der Waals surface area contributed by atoms with E-state index in [9.17, 15) is 4.79 Å². The lowest BCUT2D eigenvalue weighted by Gasteiger charge is -2.17. The number of aromatic nitrogens is 4. The van der Waals surface area contributed by atoms with Crippen LogP contribution >= 0.6 is 0 Å². The summed E-state index contributed by atoms with van der Waals surface area (Å²) in [5, 5.41) is 2.92. The molecule has 7 heteroatoms. The zero-order valence-corrected chi connectivity index (χ0v) is 12.9. The van der Waals surface area contributed by atoms with Crippen molar-refractivity contribution in [3.8, 4) is 0 Å². The predicted octanol–water partition coefficient (Wildman–Crippen LogP) is 1.15. The smallest absolute Gasteiger partial charge is 0.239 e. The molecule has 0 bridgehead atoms. The van der Waals surface area contributed by atoms with E-state index >= 15 is 0 Å². The third-order valence-electron chi connectivity index (χ3n) is 3.52. The first kappa shape index (κ1) is 15.0. The second-order valence-electron chi connectivity index (χ2n) is 5.24. The van der Waals surface area contributed by atoms with Gasteiger partial charge in [0, 0.05) is 13.6 Å². The predicted molar refractivity (Wildman–Crippen MR) is 88.1 cm³/mol. The minimum absolute atomic E-state index is 0.0466. The van der Waals surface area contributed by atoms with E-state index in [-0.39, 0.29) is 12.5 Å². The number of carbonyl (C=O) groups is 1. The van der Waals surface area contributed by atoms with E-state index < -0.39 is 0 Å². The summed E-state index contributed by atoms with van der Waals surface area (Å²) in [5.41, 5.74) is 2.52. The molecular weight excluding hydrogens is 292 g/mol. The Morgan fingerprint density at radius 2 is 2.04 bits per heavy atom. The number of carbonyl (C=O) groups excluding carboxylic acids is 1. The number of nitrogens with zero attached hydrogens (tertiary/aromatic N) is 4. The molecule has 0 fully saturated rings. The number of hydrogen-bond acceptors (Lipinski definition) is 5. The maximum atomic E-state index is 12.1. The number of rotatable bonds is 6. The second-order valence-corrected chi connectivity index (χ2v) is 5.24. The van der Waals surface area contributed by atoms with Gasteiger partial charge in [0.2, 0.25) is 5.91 Å². The van der Waals surface area contributed by atoms with E-state index in [4.69, 9.17) is 0 Å². The molecule has 1 amide bonds. The topological polar surface area (TPSA) is 86.8 Å². The van der Waals surface area contributed by atoms with Crippen molar-refractivity contribution in [3.05, 3.63) is 48.5 Å². The first-order valence-corrected chi connectivity index (χ1v) is 7.40. The van der Waals surface area contributed by atoms with E-state index in [0.29, 0.717) is 18.0 Å². The van der Waals surface area contributed by atoms with Crippen LogP contribution in [0.1, 0.15) is 5.56 Å². The van der Waals surface area contributed by atoms with Gasteiger partial charge >= 0.3 is 0 Å². The Labute approximate surface area is 133 Å². The Bertz CT molecular complexity index is 785. The summed E-state index contributed by atoms with van der Waals surface area (Å²) < 4.78 is 0. The number of benzene rings is 1. The van der Waals surface area contributed by atoms with Crippen LogP contribution in [0.4, 0.5) is 5.82 Å². The molecule has 1 aromatic carbocycles. The minimum atomic E-state index is -0.0466. The number of imidazole rings is 1. The van der Waals surface area contributed by atoms with Gasteiger partial charge in [-0.2, -0.15) is 0 Å². The van der Waals surface area contributed by atoms with E-state index in [2.05, 4.69) is 25.3 Å².